The number of halogens is 3. The van der Waals surface area contributed by atoms with Crippen LogP contribution >= 0.6 is 0 Å². The molecule has 1 saturated carbocycles. The van der Waals surface area contributed by atoms with E-state index < -0.39 is 29.0 Å². The molecule has 0 aliphatic heterocycles. The number of H-pyrrole nitrogens is 1. The van der Waals surface area contributed by atoms with E-state index in [0.717, 1.165) is 25.0 Å². The number of alkyl halides is 3. The molecule has 5 rings (SSSR count). The summed E-state index contributed by atoms with van der Waals surface area (Å²) in [5.74, 6) is -0.861. The molecule has 0 saturated heterocycles. The van der Waals surface area contributed by atoms with E-state index in [1.807, 2.05) is 0 Å². The zero-order valence-electron chi connectivity index (χ0n) is 18.3. The normalized spacial score (nSPS) is 13.6. The first kappa shape index (κ1) is 22.4. The number of hydrogen-bond acceptors (Lipinski definition) is 7. The number of aryl methyl sites for hydroxylation is 1. The number of benzene rings is 2. The number of anilines is 4. The Bertz CT molecular complexity index is 1490. The molecule has 9 nitrogen and oxygen atoms in total. The minimum absolute atomic E-state index is 0.0548. The molecule has 0 unspecified atom stereocenters. The minimum atomic E-state index is -4.72. The van der Waals surface area contributed by atoms with E-state index >= 15 is 0 Å². The molecule has 0 spiro atoms. The molecule has 2 heterocycles. The van der Waals surface area contributed by atoms with Crippen molar-refractivity contribution in [3.8, 4) is 0 Å². The van der Waals surface area contributed by atoms with Gasteiger partial charge in [0.1, 0.15) is 5.82 Å². The van der Waals surface area contributed by atoms with Gasteiger partial charge in [0, 0.05) is 29.2 Å². The summed E-state index contributed by atoms with van der Waals surface area (Å²) in [6.07, 6.45) is -1.68. The lowest BCUT2D eigenvalue weighted by Crippen LogP contribution is -2.28. The van der Waals surface area contributed by atoms with E-state index in [0.29, 0.717) is 28.2 Å². The summed E-state index contributed by atoms with van der Waals surface area (Å²) >= 11 is 0. The molecule has 2 aromatic heterocycles. The second-order valence-corrected chi connectivity index (χ2v) is 8.21. The molecule has 1 fully saturated rings. The van der Waals surface area contributed by atoms with Crippen molar-refractivity contribution < 1.29 is 22.4 Å². The third-order valence-electron chi connectivity index (χ3n) is 5.39. The summed E-state index contributed by atoms with van der Waals surface area (Å²) in [5.41, 5.74) is 0.774. The molecule has 12 heteroatoms. The van der Waals surface area contributed by atoms with E-state index in [4.69, 9.17) is 4.42 Å². The molecule has 0 radical (unpaired) electrons. The van der Waals surface area contributed by atoms with Crippen molar-refractivity contribution in [3.05, 3.63) is 69.8 Å². The van der Waals surface area contributed by atoms with Gasteiger partial charge < -0.3 is 20.4 Å². The van der Waals surface area contributed by atoms with Gasteiger partial charge in [-0.3, -0.25) is 9.78 Å². The largest absolute Gasteiger partial charge is 0.417 e. The first-order chi connectivity index (χ1) is 16.7. The Morgan fingerprint density at radius 3 is 2.60 bits per heavy atom. The lowest BCUT2D eigenvalue weighted by molar-refractivity contribution is -0.137. The molecule has 1 aliphatic rings. The molecule has 1 aliphatic carbocycles. The Balaban J connectivity index is 1.40. The number of fused-ring (bicyclic) bond motifs is 1. The van der Waals surface area contributed by atoms with Gasteiger partial charge in [-0.1, -0.05) is 0 Å². The van der Waals surface area contributed by atoms with E-state index in [2.05, 4.69) is 30.9 Å². The van der Waals surface area contributed by atoms with Crippen molar-refractivity contribution in [1.29, 1.82) is 0 Å². The fourth-order valence-electron chi connectivity index (χ4n) is 3.47. The van der Waals surface area contributed by atoms with Crippen LogP contribution in [0.3, 0.4) is 0 Å². The maximum atomic E-state index is 13.7. The van der Waals surface area contributed by atoms with Gasteiger partial charge in [0.05, 0.1) is 16.6 Å². The Kier molecular flexibility index (Phi) is 5.42. The van der Waals surface area contributed by atoms with Gasteiger partial charge in [0.25, 0.3) is 5.91 Å². The third kappa shape index (κ3) is 4.95. The molecule has 180 valence electrons. The highest BCUT2D eigenvalue weighted by Crippen LogP contribution is 2.35. The van der Waals surface area contributed by atoms with Crippen LogP contribution in [0.1, 0.15) is 34.3 Å². The quantitative estimate of drug-likeness (QED) is 0.315. The number of aromatic nitrogens is 3. The van der Waals surface area contributed by atoms with Gasteiger partial charge in [0.2, 0.25) is 5.95 Å². The molecule has 4 N–H and O–H groups in total. The van der Waals surface area contributed by atoms with E-state index in [9.17, 15) is 22.8 Å². The van der Waals surface area contributed by atoms with Crippen LogP contribution in [0.25, 0.3) is 11.1 Å². The molecule has 2 aromatic carbocycles. The van der Waals surface area contributed by atoms with Crippen molar-refractivity contribution in [2.24, 2.45) is 0 Å². The summed E-state index contributed by atoms with van der Waals surface area (Å²) in [7, 11) is 0. The predicted octanol–water partition coefficient (Wildman–Crippen LogP) is 4.62. The lowest BCUT2D eigenvalue weighted by atomic mass is 10.1. The second kappa shape index (κ2) is 8.46. The van der Waals surface area contributed by atoms with Crippen LogP contribution in [-0.4, -0.2) is 26.9 Å². The van der Waals surface area contributed by atoms with Crippen molar-refractivity contribution in [2.45, 2.75) is 32.0 Å². The van der Waals surface area contributed by atoms with Crippen molar-refractivity contribution in [1.82, 2.24) is 20.3 Å². The Labute approximate surface area is 195 Å². The monoisotopic (exact) mass is 484 g/mol. The summed E-state index contributed by atoms with van der Waals surface area (Å²) in [4.78, 5) is 34.7. The molecular weight excluding hydrogens is 465 g/mol. The standard InChI is InChI=1S/C23H19F3N6O3/c1-11-10-27-21(32-19(11)28-14-5-7-18-17(9-14)31-22(34)35-18)30-13-4-6-15(16(8-13)23(24,25)26)20(33)29-12-2-3-12/h4-10,12H,2-3H2,1H3,(H,29,33)(H,31,34)(H2,27,28,30,32). The van der Waals surface area contributed by atoms with Crippen LogP contribution in [0.2, 0.25) is 0 Å². The number of oxazole rings is 1. The number of rotatable bonds is 6. The highest BCUT2D eigenvalue weighted by Gasteiger charge is 2.36. The third-order valence-corrected chi connectivity index (χ3v) is 5.39. The molecule has 35 heavy (non-hydrogen) atoms. The highest BCUT2D eigenvalue weighted by molar-refractivity contribution is 5.96. The smallest absolute Gasteiger partial charge is 0.408 e. The maximum Gasteiger partial charge on any atom is 0.417 e. The molecule has 4 aromatic rings. The Morgan fingerprint density at radius 2 is 1.86 bits per heavy atom. The number of hydrogen-bond donors (Lipinski definition) is 4. The van der Waals surface area contributed by atoms with Gasteiger partial charge >= 0.3 is 11.9 Å². The van der Waals surface area contributed by atoms with Crippen LogP contribution in [-0.2, 0) is 6.18 Å². The number of amides is 1. The number of nitrogens with zero attached hydrogens (tertiary/aromatic N) is 2. The second-order valence-electron chi connectivity index (χ2n) is 8.21. The van der Waals surface area contributed by atoms with Gasteiger partial charge in [-0.25, -0.2) is 9.78 Å². The fourth-order valence-corrected chi connectivity index (χ4v) is 3.47. The Morgan fingerprint density at radius 1 is 1.11 bits per heavy atom. The molecule has 1 amide bonds. The van der Waals surface area contributed by atoms with Crippen molar-refractivity contribution in [3.63, 3.8) is 0 Å². The number of nitrogens with one attached hydrogen (secondary N) is 4. The molecule has 0 bridgehead atoms. The van der Waals surface area contributed by atoms with Gasteiger partial charge in [-0.05, 0) is 56.2 Å². The zero-order valence-corrected chi connectivity index (χ0v) is 18.3. The summed E-state index contributed by atoms with van der Waals surface area (Å²) in [5, 5.41) is 8.44. The van der Waals surface area contributed by atoms with E-state index in [1.165, 1.54) is 12.3 Å². The molecule has 0 atom stereocenters. The fraction of sp³-hybridized carbons (Fsp3) is 0.217. The topological polar surface area (TPSA) is 125 Å². The number of aromatic amines is 1. The zero-order chi connectivity index (χ0) is 24.7. The van der Waals surface area contributed by atoms with Crippen molar-refractivity contribution in [2.75, 3.05) is 10.6 Å². The highest BCUT2D eigenvalue weighted by atomic mass is 19.4. The van der Waals surface area contributed by atoms with Crippen LogP contribution in [0.4, 0.5) is 36.3 Å². The van der Waals surface area contributed by atoms with Crippen LogP contribution in [0.15, 0.2) is 51.8 Å². The minimum Gasteiger partial charge on any atom is -0.408 e. The predicted molar refractivity (Wildman–Crippen MR) is 122 cm³/mol. The molecular formula is C23H19F3N6O3. The summed E-state index contributed by atoms with van der Waals surface area (Å²) < 4.78 is 46.0. The number of carbonyl (C=O) groups is 1. The van der Waals surface area contributed by atoms with Gasteiger partial charge in [-0.2, -0.15) is 18.2 Å². The van der Waals surface area contributed by atoms with Gasteiger partial charge in [-0.15, -0.1) is 0 Å². The van der Waals surface area contributed by atoms with Crippen LogP contribution in [0, 0.1) is 6.92 Å². The first-order valence-corrected chi connectivity index (χ1v) is 10.7. The summed E-state index contributed by atoms with van der Waals surface area (Å²) in [6.45, 7) is 1.76. The SMILES string of the molecule is Cc1cnc(Nc2ccc(C(=O)NC3CC3)c(C(F)(F)F)c2)nc1Nc1ccc2oc(=O)[nH]c2c1. The van der Waals surface area contributed by atoms with Gasteiger partial charge in [0.15, 0.2) is 5.58 Å². The van der Waals surface area contributed by atoms with Crippen LogP contribution in [0.5, 0.6) is 0 Å². The van der Waals surface area contributed by atoms with E-state index in [1.54, 1.807) is 25.1 Å². The summed E-state index contributed by atoms with van der Waals surface area (Å²) in [6, 6.07) is 8.27. The first-order valence-electron chi connectivity index (χ1n) is 10.7. The average molecular weight is 484 g/mol. The Hall–Kier alpha value is -4.35. The number of carbonyl (C=O) groups excluding carboxylic acids is 1. The maximum absolute atomic E-state index is 13.7. The lowest BCUT2D eigenvalue weighted by Gasteiger charge is -2.15. The average Bonchev–Trinajstić information content (AvgIpc) is 3.53. The van der Waals surface area contributed by atoms with E-state index in [-0.39, 0.29) is 17.7 Å². The van der Waals surface area contributed by atoms with Crippen LogP contribution < -0.4 is 21.7 Å². The van der Waals surface area contributed by atoms with Crippen molar-refractivity contribution >= 4 is 40.1 Å².